The molecule has 2 rings (SSSR count). The Morgan fingerprint density at radius 2 is 2.12 bits per heavy atom. The van der Waals surface area contributed by atoms with Crippen molar-refractivity contribution in [2.75, 3.05) is 24.6 Å². The number of aryl methyl sites for hydroxylation is 1. The number of hydrogen-bond acceptors (Lipinski definition) is 6. The molecule has 1 aromatic rings. The lowest BCUT2D eigenvalue weighted by molar-refractivity contribution is -0.0327. The highest BCUT2D eigenvalue weighted by molar-refractivity contribution is 5.29. The van der Waals surface area contributed by atoms with E-state index in [0.717, 1.165) is 12.8 Å². The molecule has 17 heavy (non-hydrogen) atoms. The van der Waals surface area contributed by atoms with Gasteiger partial charge in [-0.1, -0.05) is 6.92 Å². The molecule has 0 saturated carbocycles. The molecule has 0 aliphatic carbocycles. The molecule has 1 aliphatic heterocycles. The largest absolute Gasteiger partial charge is 0.393 e. The van der Waals surface area contributed by atoms with Gasteiger partial charge in [0, 0.05) is 19.5 Å². The summed E-state index contributed by atoms with van der Waals surface area (Å²) in [5.41, 5.74) is -0.938. The second-order valence-corrected chi connectivity index (χ2v) is 4.61. The topological polar surface area (TPSA) is 82.6 Å². The maximum absolute atomic E-state index is 9.89. The van der Waals surface area contributed by atoms with Crippen LogP contribution in [0.2, 0.25) is 0 Å². The van der Waals surface area contributed by atoms with Crippen LogP contribution in [0.25, 0.3) is 0 Å². The Morgan fingerprint density at radius 3 is 2.71 bits per heavy atom. The van der Waals surface area contributed by atoms with Crippen LogP contribution in [-0.4, -0.2) is 45.7 Å². The summed E-state index contributed by atoms with van der Waals surface area (Å²) in [5.74, 6) is 1.25. The molecule has 1 fully saturated rings. The number of anilines is 1. The number of hydrogen-bond donors (Lipinski definition) is 2. The van der Waals surface area contributed by atoms with Gasteiger partial charge in [0.1, 0.15) is 0 Å². The van der Waals surface area contributed by atoms with Crippen molar-refractivity contribution in [3.8, 4) is 0 Å². The molecule has 0 amide bonds. The van der Waals surface area contributed by atoms with Gasteiger partial charge in [-0.25, -0.2) is 0 Å². The van der Waals surface area contributed by atoms with Gasteiger partial charge in [-0.2, -0.15) is 4.98 Å². The zero-order valence-electron chi connectivity index (χ0n) is 10.1. The van der Waals surface area contributed by atoms with Gasteiger partial charge in [0.15, 0.2) is 0 Å². The van der Waals surface area contributed by atoms with Gasteiger partial charge in [0.2, 0.25) is 5.89 Å². The lowest BCUT2D eigenvalue weighted by Crippen LogP contribution is -2.47. The van der Waals surface area contributed by atoms with Gasteiger partial charge >= 0.3 is 0 Å². The number of aliphatic hydroxyl groups excluding tert-OH is 1. The summed E-state index contributed by atoms with van der Waals surface area (Å²) in [5, 5.41) is 22.9. The fourth-order valence-electron chi connectivity index (χ4n) is 1.97. The van der Waals surface area contributed by atoms with Crippen molar-refractivity contribution in [2.45, 2.75) is 38.2 Å². The van der Waals surface area contributed by atoms with Crippen LogP contribution in [0, 0.1) is 0 Å². The highest BCUT2D eigenvalue weighted by Gasteiger charge is 2.32. The molecule has 1 aliphatic rings. The van der Waals surface area contributed by atoms with E-state index < -0.39 is 5.60 Å². The normalized spacial score (nSPS) is 19.6. The van der Waals surface area contributed by atoms with Crippen LogP contribution < -0.4 is 4.90 Å². The minimum atomic E-state index is -0.938. The minimum absolute atomic E-state index is 0.186. The molecule has 0 atom stereocenters. The molecule has 0 unspecified atom stereocenters. The van der Waals surface area contributed by atoms with Crippen LogP contribution in [0.1, 0.15) is 32.1 Å². The smallest absolute Gasteiger partial charge is 0.266 e. The summed E-state index contributed by atoms with van der Waals surface area (Å²) in [6.45, 7) is 3.16. The highest BCUT2D eigenvalue weighted by Crippen LogP contribution is 2.24. The Labute approximate surface area is 100 Å². The van der Waals surface area contributed by atoms with E-state index in [1.807, 2.05) is 4.90 Å². The molecule has 6 heteroatoms. The predicted octanol–water partition coefficient (Wildman–Crippen LogP) is 0.346. The Hall–Kier alpha value is -1.14. The van der Waals surface area contributed by atoms with Crippen molar-refractivity contribution in [1.29, 1.82) is 0 Å². The first kappa shape index (κ1) is 12.3. The summed E-state index contributed by atoms with van der Waals surface area (Å²) in [6, 6.07) is 0. The molecule has 2 heterocycles. The van der Waals surface area contributed by atoms with Crippen LogP contribution in [0.15, 0.2) is 4.52 Å². The molecule has 0 spiro atoms. The van der Waals surface area contributed by atoms with E-state index >= 15 is 0 Å². The molecule has 0 bridgehead atoms. The van der Waals surface area contributed by atoms with Crippen molar-refractivity contribution in [3.05, 3.63) is 5.89 Å². The predicted molar refractivity (Wildman–Crippen MR) is 61.8 cm³/mol. The summed E-state index contributed by atoms with van der Waals surface area (Å²) < 4.78 is 5.12. The van der Waals surface area contributed by atoms with Crippen LogP contribution in [0.5, 0.6) is 0 Å². The maximum Gasteiger partial charge on any atom is 0.266 e. The average molecular weight is 241 g/mol. The lowest BCUT2D eigenvalue weighted by atomic mass is 9.93. The third kappa shape index (κ3) is 2.76. The Morgan fingerprint density at radius 1 is 1.41 bits per heavy atom. The third-order valence-corrected chi connectivity index (χ3v) is 3.19. The first-order chi connectivity index (χ1) is 8.17. The van der Waals surface area contributed by atoms with E-state index in [4.69, 9.17) is 9.63 Å². The van der Waals surface area contributed by atoms with Gasteiger partial charge in [0.25, 0.3) is 5.95 Å². The summed E-state index contributed by atoms with van der Waals surface area (Å²) in [4.78, 5) is 6.28. The number of rotatable bonds is 4. The van der Waals surface area contributed by atoms with Crippen molar-refractivity contribution >= 4 is 5.95 Å². The molecule has 96 valence electrons. The van der Waals surface area contributed by atoms with Gasteiger partial charge < -0.3 is 19.6 Å². The molecule has 0 aromatic carbocycles. The van der Waals surface area contributed by atoms with Crippen LogP contribution in [0.4, 0.5) is 5.95 Å². The van der Waals surface area contributed by atoms with E-state index in [0.29, 0.717) is 37.8 Å². The van der Waals surface area contributed by atoms with Crippen LogP contribution >= 0.6 is 0 Å². The van der Waals surface area contributed by atoms with Crippen molar-refractivity contribution in [1.82, 2.24) is 10.1 Å². The average Bonchev–Trinajstić information content (AvgIpc) is 2.79. The van der Waals surface area contributed by atoms with Gasteiger partial charge in [-0.3, -0.25) is 0 Å². The maximum atomic E-state index is 9.89. The molecule has 1 aromatic heterocycles. The lowest BCUT2D eigenvalue weighted by Gasteiger charge is -2.36. The summed E-state index contributed by atoms with van der Waals surface area (Å²) >= 11 is 0. The van der Waals surface area contributed by atoms with E-state index in [9.17, 15) is 5.11 Å². The van der Waals surface area contributed by atoms with Crippen LogP contribution in [0.3, 0.4) is 0 Å². The number of piperidine rings is 1. The Kier molecular flexibility index (Phi) is 3.63. The Bertz CT molecular complexity index is 359. The fourth-order valence-corrected chi connectivity index (χ4v) is 1.97. The summed E-state index contributed by atoms with van der Waals surface area (Å²) in [7, 11) is 0. The van der Waals surface area contributed by atoms with Crippen LogP contribution in [-0.2, 0) is 6.42 Å². The number of aliphatic hydroxyl groups is 2. The second-order valence-electron chi connectivity index (χ2n) is 4.61. The molecule has 0 radical (unpaired) electrons. The van der Waals surface area contributed by atoms with E-state index in [2.05, 4.69) is 17.1 Å². The SMILES string of the molecule is CCCc1nc(N2CCC(O)(CO)CC2)no1. The van der Waals surface area contributed by atoms with Gasteiger partial charge in [0.05, 0.1) is 12.2 Å². The summed E-state index contributed by atoms with van der Waals surface area (Å²) in [6.07, 6.45) is 2.83. The zero-order valence-corrected chi connectivity index (χ0v) is 10.1. The zero-order chi connectivity index (χ0) is 12.3. The molecule has 2 N–H and O–H groups in total. The Balaban J connectivity index is 1.95. The van der Waals surface area contributed by atoms with Gasteiger partial charge in [-0.05, 0) is 24.4 Å². The number of aromatic nitrogens is 2. The quantitative estimate of drug-likeness (QED) is 0.791. The standard InChI is InChI=1S/C11H19N3O3/c1-2-3-9-12-10(13-17-9)14-6-4-11(16,8-15)5-7-14/h15-16H,2-8H2,1H3. The number of nitrogens with zero attached hydrogens (tertiary/aromatic N) is 3. The van der Waals surface area contributed by atoms with Crippen molar-refractivity contribution < 1.29 is 14.7 Å². The molecular formula is C11H19N3O3. The third-order valence-electron chi connectivity index (χ3n) is 3.19. The second kappa shape index (κ2) is 5.01. The van der Waals surface area contributed by atoms with E-state index in [1.54, 1.807) is 0 Å². The van der Waals surface area contributed by atoms with Crippen molar-refractivity contribution in [2.24, 2.45) is 0 Å². The monoisotopic (exact) mass is 241 g/mol. The molecule has 1 saturated heterocycles. The van der Waals surface area contributed by atoms with E-state index in [1.165, 1.54) is 0 Å². The molecular weight excluding hydrogens is 222 g/mol. The van der Waals surface area contributed by atoms with Gasteiger partial charge in [-0.15, -0.1) is 0 Å². The highest BCUT2D eigenvalue weighted by atomic mass is 16.5. The molecule has 6 nitrogen and oxygen atoms in total. The van der Waals surface area contributed by atoms with Crippen molar-refractivity contribution in [3.63, 3.8) is 0 Å². The first-order valence-corrected chi connectivity index (χ1v) is 6.07. The minimum Gasteiger partial charge on any atom is -0.393 e. The first-order valence-electron chi connectivity index (χ1n) is 6.07. The fraction of sp³-hybridized carbons (Fsp3) is 0.818. The van der Waals surface area contributed by atoms with E-state index in [-0.39, 0.29) is 6.61 Å².